The monoisotopic (exact) mass is 340 g/mol. The van der Waals surface area contributed by atoms with Gasteiger partial charge >= 0.3 is 0 Å². The summed E-state index contributed by atoms with van der Waals surface area (Å²) >= 11 is 3.53. The van der Waals surface area contributed by atoms with Crippen LogP contribution in [0.5, 0.6) is 5.75 Å². The van der Waals surface area contributed by atoms with Crippen LogP contribution in [0, 0.1) is 6.92 Å². The Hall–Kier alpha value is -1.80. The summed E-state index contributed by atoms with van der Waals surface area (Å²) in [6.07, 6.45) is 0. The quantitative estimate of drug-likeness (QED) is 0.560. The summed E-state index contributed by atoms with van der Waals surface area (Å²) in [6.45, 7) is 2.69. The lowest BCUT2D eigenvalue weighted by molar-refractivity contribution is 0.305. The molecule has 0 aromatic heterocycles. The minimum Gasteiger partial charge on any atom is -0.489 e. The van der Waals surface area contributed by atoms with Crippen LogP contribution in [0.1, 0.15) is 16.7 Å². The first-order valence-electron chi connectivity index (χ1n) is 7.03. The summed E-state index contributed by atoms with van der Waals surface area (Å²) in [6, 6.07) is 21.1. The normalized spacial score (nSPS) is 10.8. The number of hydrogen-bond donors (Lipinski definition) is 0. The summed E-state index contributed by atoms with van der Waals surface area (Å²) in [4.78, 5) is 0. The molecule has 0 amide bonds. The molecule has 0 aliphatic heterocycles. The van der Waals surface area contributed by atoms with Gasteiger partial charge in [0.1, 0.15) is 12.4 Å². The molecule has 0 unspecified atom stereocenters. The van der Waals surface area contributed by atoms with E-state index in [1.54, 1.807) is 0 Å². The third-order valence-corrected chi connectivity index (χ3v) is 4.23. The van der Waals surface area contributed by atoms with Crippen molar-refractivity contribution in [1.29, 1.82) is 0 Å². The first-order chi connectivity index (χ1) is 10.3. The maximum absolute atomic E-state index is 6.05. The van der Waals surface area contributed by atoms with Gasteiger partial charge in [0.2, 0.25) is 0 Å². The molecule has 0 heterocycles. The summed E-state index contributed by atoms with van der Waals surface area (Å²) in [7, 11) is 0. The predicted molar refractivity (Wildman–Crippen MR) is 92.1 cm³/mol. The fraction of sp³-hybridized carbons (Fsp3) is 0.158. The van der Waals surface area contributed by atoms with Crippen molar-refractivity contribution in [3.05, 3.63) is 77.4 Å². The second kappa shape index (κ2) is 6.31. The highest BCUT2D eigenvalue weighted by molar-refractivity contribution is 9.08. The maximum Gasteiger partial charge on any atom is 0.123 e. The Kier molecular flexibility index (Phi) is 4.26. The van der Waals surface area contributed by atoms with E-state index in [9.17, 15) is 0 Å². The Bertz CT molecular complexity index is 759. The number of hydrogen-bond acceptors (Lipinski definition) is 1. The number of alkyl halides is 1. The summed E-state index contributed by atoms with van der Waals surface area (Å²) in [5.74, 6) is 0.949. The van der Waals surface area contributed by atoms with Gasteiger partial charge in [0.15, 0.2) is 0 Å². The van der Waals surface area contributed by atoms with E-state index in [2.05, 4.69) is 83.5 Å². The average Bonchev–Trinajstić information content (AvgIpc) is 2.53. The smallest absolute Gasteiger partial charge is 0.123 e. The number of ether oxygens (including phenoxy) is 1. The van der Waals surface area contributed by atoms with Gasteiger partial charge in [-0.1, -0.05) is 76.1 Å². The van der Waals surface area contributed by atoms with Crippen LogP contribution in [0.25, 0.3) is 10.8 Å². The third kappa shape index (κ3) is 3.11. The molecule has 0 fully saturated rings. The van der Waals surface area contributed by atoms with E-state index in [0.717, 1.165) is 11.1 Å². The molecule has 106 valence electrons. The van der Waals surface area contributed by atoms with Crippen LogP contribution < -0.4 is 4.74 Å². The van der Waals surface area contributed by atoms with Crippen LogP contribution in [0.2, 0.25) is 0 Å². The van der Waals surface area contributed by atoms with Crippen LogP contribution in [0.15, 0.2) is 60.7 Å². The lowest BCUT2D eigenvalue weighted by Gasteiger charge is -2.12. The highest BCUT2D eigenvalue weighted by Gasteiger charge is 2.05. The van der Waals surface area contributed by atoms with Gasteiger partial charge in [0.25, 0.3) is 0 Å². The van der Waals surface area contributed by atoms with E-state index in [-0.39, 0.29) is 0 Å². The van der Waals surface area contributed by atoms with Crippen molar-refractivity contribution in [3.8, 4) is 5.75 Å². The van der Waals surface area contributed by atoms with E-state index in [1.807, 2.05) is 0 Å². The Balaban J connectivity index is 1.87. The van der Waals surface area contributed by atoms with Gasteiger partial charge in [-0.25, -0.2) is 0 Å². The molecule has 0 atom stereocenters. The Morgan fingerprint density at radius 1 is 0.905 bits per heavy atom. The standard InChI is InChI=1S/C19H17BrO/c1-14-9-10-19(17(11-14)12-20)21-13-16-7-4-6-15-5-2-3-8-18(15)16/h2-11H,12-13H2,1H3. The molecule has 21 heavy (non-hydrogen) atoms. The minimum atomic E-state index is 0.588. The van der Waals surface area contributed by atoms with Gasteiger partial charge in [-0.15, -0.1) is 0 Å². The molecule has 0 bridgehead atoms. The highest BCUT2D eigenvalue weighted by atomic mass is 79.9. The van der Waals surface area contributed by atoms with Crippen LogP contribution in [0.4, 0.5) is 0 Å². The van der Waals surface area contributed by atoms with E-state index >= 15 is 0 Å². The van der Waals surface area contributed by atoms with Crippen molar-refractivity contribution in [2.24, 2.45) is 0 Å². The van der Waals surface area contributed by atoms with Crippen LogP contribution in [-0.2, 0) is 11.9 Å². The van der Waals surface area contributed by atoms with E-state index in [4.69, 9.17) is 4.74 Å². The van der Waals surface area contributed by atoms with Crippen molar-refractivity contribution in [2.75, 3.05) is 0 Å². The fourth-order valence-electron chi connectivity index (χ4n) is 2.53. The van der Waals surface area contributed by atoms with Crippen LogP contribution in [-0.4, -0.2) is 0 Å². The molecule has 3 rings (SSSR count). The molecule has 0 spiro atoms. The number of benzene rings is 3. The van der Waals surface area contributed by atoms with Crippen molar-refractivity contribution >= 4 is 26.7 Å². The molecular formula is C19H17BrO. The van der Waals surface area contributed by atoms with Gasteiger partial charge in [-0.2, -0.15) is 0 Å². The molecule has 3 aromatic carbocycles. The maximum atomic E-state index is 6.05. The highest BCUT2D eigenvalue weighted by Crippen LogP contribution is 2.25. The van der Waals surface area contributed by atoms with Gasteiger partial charge < -0.3 is 4.74 Å². The predicted octanol–water partition coefficient (Wildman–Crippen LogP) is 5.62. The zero-order valence-electron chi connectivity index (χ0n) is 12.0. The van der Waals surface area contributed by atoms with Crippen molar-refractivity contribution in [2.45, 2.75) is 18.9 Å². The first-order valence-corrected chi connectivity index (χ1v) is 8.15. The Labute approximate surface area is 133 Å². The van der Waals surface area contributed by atoms with Crippen molar-refractivity contribution in [3.63, 3.8) is 0 Å². The molecule has 0 radical (unpaired) electrons. The average molecular weight is 341 g/mol. The first kappa shape index (κ1) is 14.2. The summed E-state index contributed by atoms with van der Waals surface area (Å²) in [5.41, 5.74) is 3.66. The topological polar surface area (TPSA) is 9.23 Å². The van der Waals surface area contributed by atoms with Gasteiger partial charge in [-0.3, -0.25) is 0 Å². The number of fused-ring (bicyclic) bond motifs is 1. The summed E-state index contributed by atoms with van der Waals surface area (Å²) < 4.78 is 6.05. The number of halogens is 1. The number of aryl methyl sites for hydroxylation is 1. The zero-order chi connectivity index (χ0) is 14.7. The molecule has 0 saturated carbocycles. The molecule has 1 nitrogen and oxygen atoms in total. The lowest BCUT2D eigenvalue weighted by atomic mass is 10.1. The van der Waals surface area contributed by atoms with E-state index < -0.39 is 0 Å². The molecular weight excluding hydrogens is 324 g/mol. The van der Waals surface area contributed by atoms with Gasteiger partial charge in [-0.05, 0) is 29.3 Å². The van der Waals surface area contributed by atoms with Crippen molar-refractivity contribution in [1.82, 2.24) is 0 Å². The minimum absolute atomic E-state index is 0.588. The van der Waals surface area contributed by atoms with Gasteiger partial charge in [0.05, 0.1) is 0 Å². The third-order valence-electron chi connectivity index (χ3n) is 3.62. The SMILES string of the molecule is Cc1ccc(OCc2cccc3ccccc23)c(CBr)c1. The molecule has 0 aliphatic carbocycles. The molecule has 0 N–H and O–H groups in total. The zero-order valence-corrected chi connectivity index (χ0v) is 13.6. The van der Waals surface area contributed by atoms with Crippen molar-refractivity contribution < 1.29 is 4.74 Å². The molecule has 2 heteroatoms. The largest absolute Gasteiger partial charge is 0.489 e. The second-order valence-electron chi connectivity index (χ2n) is 5.17. The summed E-state index contributed by atoms with van der Waals surface area (Å²) in [5, 5.41) is 3.32. The second-order valence-corrected chi connectivity index (χ2v) is 5.73. The molecule has 0 aliphatic rings. The van der Waals surface area contributed by atoms with Crippen LogP contribution >= 0.6 is 15.9 Å². The molecule has 0 saturated heterocycles. The van der Waals surface area contributed by atoms with Gasteiger partial charge in [0, 0.05) is 10.9 Å². The van der Waals surface area contributed by atoms with E-state index in [1.165, 1.54) is 27.5 Å². The fourth-order valence-corrected chi connectivity index (χ4v) is 2.97. The molecule has 3 aromatic rings. The van der Waals surface area contributed by atoms with E-state index in [0.29, 0.717) is 6.61 Å². The van der Waals surface area contributed by atoms with Crippen LogP contribution in [0.3, 0.4) is 0 Å². The Morgan fingerprint density at radius 3 is 2.57 bits per heavy atom. The number of rotatable bonds is 4. The Morgan fingerprint density at radius 2 is 1.71 bits per heavy atom. The lowest BCUT2D eigenvalue weighted by Crippen LogP contribution is -1.99.